The number of hydrogen-bond acceptors (Lipinski definition) is 3. The third kappa shape index (κ3) is 8.11. The van der Waals surface area contributed by atoms with Gasteiger partial charge in [-0.2, -0.15) is 13.2 Å². The second-order valence-electron chi connectivity index (χ2n) is 7.38. The SMILES string of the molecule is C=C(NC(=O)c1cc(O)c(C)cc1C(F)(F)F)N(C(C)C)C1CCCCC1.CC.CC. The van der Waals surface area contributed by atoms with Crippen LogP contribution in [0.25, 0.3) is 0 Å². The van der Waals surface area contributed by atoms with Gasteiger partial charge in [-0.25, -0.2) is 0 Å². The number of carbonyl (C=O) groups excluding carboxylic acids is 1. The molecule has 0 spiro atoms. The van der Waals surface area contributed by atoms with Crippen LogP contribution in [-0.2, 0) is 6.18 Å². The van der Waals surface area contributed by atoms with Crippen molar-refractivity contribution in [2.75, 3.05) is 0 Å². The van der Waals surface area contributed by atoms with Crippen LogP contribution in [0.2, 0.25) is 0 Å². The second kappa shape index (κ2) is 13.3. The van der Waals surface area contributed by atoms with Crippen LogP contribution in [0.4, 0.5) is 13.2 Å². The van der Waals surface area contributed by atoms with E-state index < -0.39 is 23.2 Å². The fourth-order valence-electron chi connectivity index (χ4n) is 3.69. The molecule has 1 saturated carbocycles. The van der Waals surface area contributed by atoms with E-state index in [0.717, 1.165) is 37.8 Å². The number of nitrogens with one attached hydrogen (secondary N) is 1. The summed E-state index contributed by atoms with van der Waals surface area (Å²) in [6.45, 7) is 17.2. The summed E-state index contributed by atoms with van der Waals surface area (Å²) in [6.07, 6.45) is 0.559. The van der Waals surface area contributed by atoms with Crippen molar-refractivity contribution in [2.24, 2.45) is 0 Å². The minimum absolute atomic E-state index is 0.0504. The van der Waals surface area contributed by atoms with Gasteiger partial charge in [-0.05, 0) is 51.3 Å². The molecule has 0 bridgehead atoms. The lowest BCUT2D eigenvalue weighted by molar-refractivity contribution is -0.138. The monoisotopic (exact) mass is 444 g/mol. The van der Waals surface area contributed by atoms with Gasteiger partial charge in [0, 0.05) is 12.1 Å². The molecule has 2 rings (SSSR count). The molecule has 1 aliphatic rings. The van der Waals surface area contributed by atoms with E-state index in [0.29, 0.717) is 0 Å². The number of carbonyl (C=O) groups is 1. The zero-order chi connectivity index (χ0) is 24.4. The van der Waals surface area contributed by atoms with Crippen molar-refractivity contribution in [1.29, 1.82) is 0 Å². The van der Waals surface area contributed by atoms with E-state index in [9.17, 15) is 23.1 Å². The number of amides is 1. The molecule has 0 aromatic heterocycles. The molecule has 0 atom stereocenters. The fraction of sp³-hybridized carbons (Fsp3) is 0.625. The Kier molecular flexibility index (Phi) is 12.3. The lowest BCUT2D eigenvalue weighted by atomic mass is 9.93. The standard InChI is InChI=1S/C20H27F3N2O2.2C2H6/c1-12(2)25(15-8-6-5-7-9-15)14(4)24-19(27)16-11-18(26)13(3)10-17(16)20(21,22)23;2*1-2/h10-12,15,26H,4-9H2,1-3H3,(H,24,27);2*1-2H3. The Morgan fingerprint density at radius 3 is 2.10 bits per heavy atom. The predicted molar refractivity (Wildman–Crippen MR) is 121 cm³/mol. The molecule has 178 valence electrons. The molecule has 0 radical (unpaired) electrons. The van der Waals surface area contributed by atoms with Crippen molar-refractivity contribution in [3.8, 4) is 5.75 Å². The van der Waals surface area contributed by atoms with Crippen LogP contribution in [0.5, 0.6) is 5.75 Å². The highest BCUT2D eigenvalue weighted by molar-refractivity contribution is 5.97. The number of alkyl halides is 3. The van der Waals surface area contributed by atoms with E-state index in [1.807, 2.05) is 46.4 Å². The third-order valence-corrected chi connectivity index (χ3v) is 4.98. The molecule has 0 saturated heterocycles. The summed E-state index contributed by atoms with van der Waals surface area (Å²) >= 11 is 0. The largest absolute Gasteiger partial charge is 0.508 e. The minimum Gasteiger partial charge on any atom is -0.508 e. The van der Waals surface area contributed by atoms with E-state index >= 15 is 0 Å². The molecule has 2 N–H and O–H groups in total. The summed E-state index contributed by atoms with van der Waals surface area (Å²) in [6, 6.07) is 1.91. The number of nitrogens with zero attached hydrogens (tertiary/aromatic N) is 1. The molecule has 0 aliphatic heterocycles. The van der Waals surface area contributed by atoms with E-state index in [1.165, 1.54) is 13.3 Å². The average molecular weight is 445 g/mol. The molecule has 1 aliphatic carbocycles. The van der Waals surface area contributed by atoms with Crippen LogP contribution in [-0.4, -0.2) is 28.0 Å². The van der Waals surface area contributed by atoms with E-state index in [4.69, 9.17) is 0 Å². The minimum atomic E-state index is -4.70. The van der Waals surface area contributed by atoms with Crippen LogP contribution in [0.15, 0.2) is 24.5 Å². The Balaban J connectivity index is 0.00000212. The Hall–Kier alpha value is -2.18. The van der Waals surface area contributed by atoms with Crippen molar-refractivity contribution in [2.45, 2.75) is 98.8 Å². The van der Waals surface area contributed by atoms with Crippen molar-refractivity contribution in [3.05, 3.63) is 41.2 Å². The Morgan fingerprint density at radius 2 is 1.65 bits per heavy atom. The normalized spacial score (nSPS) is 14.0. The van der Waals surface area contributed by atoms with Gasteiger partial charge in [0.25, 0.3) is 5.91 Å². The number of phenols is 1. The first-order chi connectivity index (χ1) is 14.5. The Bertz CT molecular complexity index is 710. The van der Waals surface area contributed by atoms with E-state index in [2.05, 4.69) is 11.9 Å². The van der Waals surface area contributed by atoms with Gasteiger partial charge in [0.1, 0.15) is 11.6 Å². The van der Waals surface area contributed by atoms with Crippen LogP contribution < -0.4 is 5.32 Å². The molecule has 1 fully saturated rings. The van der Waals surface area contributed by atoms with Crippen molar-refractivity contribution >= 4 is 5.91 Å². The van der Waals surface area contributed by atoms with E-state index in [-0.39, 0.29) is 29.2 Å². The maximum absolute atomic E-state index is 13.3. The molecule has 7 heteroatoms. The summed E-state index contributed by atoms with van der Waals surface area (Å²) in [7, 11) is 0. The second-order valence-corrected chi connectivity index (χ2v) is 7.38. The van der Waals surface area contributed by atoms with Gasteiger partial charge in [0.2, 0.25) is 0 Å². The Morgan fingerprint density at radius 1 is 1.13 bits per heavy atom. The number of phenolic OH excluding ortho intramolecular Hbond substituents is 1. The van der Waals surface area contributed by atoms with Gasteiger partial charge in [0.15, 0.2) is 0 Å². The van der Waals surface area contributed by atoms with Crippen LogP contribution in [0.1, 0.15) is 95.1 Å². The third-order valence-electron chi connectivity index (χ3n) is 4.98. The van der Waals surface area contributed by atoms with E-state index in [1.54, 1.807) is 0 Å². The molecule has 1 amide bonds. The molecular weight excluding hydrogens is 405 g/mol. The highest BCUT2D eigenvalue weighted by Crippen LogP contribution is 2.35. The van der Waals surface area contributed by atoms with Gasteiger partial charge in [0.05, 0.1) is 11.1 Å². The number of hydrogen-bond donors (Lipinski definition) is 2. The molecule has 1 aromatic carbocycles. The van der Waals surface area contributed by atoms with Crippen molar-refractivity contribution in [1.82, 2.24) is 10.2 Å². The lowest BCUT2D eigenvalue weighted by Crippen LogP contribution is -2.45. The summed E-state index contributed by atoms with van der Waals surface area (Å²) in [5.74, 6) is -0.995. The molecule has 1 aromatic rings. The smallest absolute Gasteiger partial charge is 0.417 e. The highest BCUT2D eigenvalue weighted by Gasteiger charge is 2.36. The number of aromatic hydroxyl groups is 1. The van der Waals surface area contributed by atoms with Gasteiger partial charge in [-0.3, -0.25) is 4.79 Å². The number of halogens is 3. The predicted octanol–water partition coefficient (Wildman–Crippen LogP) is 7.02. The van der Waals surface area contributed by atoms with Crippen molar-refractivity contribution in [3.63, 3.8) is 0 Å². The van der Waals surface area contributed by atoms with Gasteiger partial charge < -0.3 is 15.3 Å². The van der Waals surface area contributed by atoms with Gasteiger partial charge >= 0.3 is 6.18 Å². The molecule has 0 unspecified atom stereocenters. The number of rotatable bonds is 5. The van der Waals surface area contributed by atoms with Gasteiger partial charge in [-0.1, -0.05) is 53.5 Å². The summed E-state index contributed by atoms with van der Waals surface area (Å²) in [5.41, 5.74) is -1.63. The van der Waals surface area contributed by atoms with Gasteiger partial charge in [-0.15, -0.1) is 0 Å². The average Bonchev–Trinajstić information content (AvgIpc) is 2.72. The van der Waals surface area contributed by atoms with Crippen molar-refractivity contribution < 1.29 is 23.1 Å². The number of aryl methyl sites for hydroxylation is 1. The first-order valence-electron chi connectivity index (χ1n) is 11.2. The van der Waals surface area contributed by atoms with Crippen LogP contribution in [0, 0.1) is 6.92 Å². The first kappa shape index (κ1) is 28.8. The lowest BCUT2D eigenvalue weighted by Gasteiger charge is -2.40. The number of benzene rings is 1. The quantitative estimate of drug-likeness (QED) is 0.513. The maximum atomic E-state index is 13.3. The molecule has 4 nitrogen and oxygen atoms in total. The topological polar surface area (TPSA) is 52.6 Å². The molecule has 31 heavy (non-hydrogen) atoms. The summed E-state index contributed by atoms with van der Waals surface area (Å²) in [5, 5.41) is 12.3. The maximum Gasteiger partial charge on any atom is 0.417 e. The fourth-order valence-corrected chi connectivity index (χ4v) is 3.69. The van der Waals surface area contributed by atoms with Crippen LogP contribution in [0.3, 0.4) is 0 Å². The first-order valence-corrected chi connectivity index (χ1v) is 11.2. The molecular formula is C24H39F3N2O2. The highest BCUT2D eigenvalue weighted by atomic mass is 19.4. The summed E-state index contributed by atoms with van der Waals surface area (Å²) < 4.78 is 40.0. The summed E-state index contributed by atoms with van der Waals surface area (Å²) in [4.78, 5) is 14.6. The Labute approximate surface area is 185 Å². The van der Waals surface area contributed by atoms with Crippen LogP contribution >= 0.6 is 0 Å². The molecule has 0 heterocycles. The zero-order valence-electron chi connectivity index (χ0n) is 20.0. The zero-order valence-corrected chi connectivity index (χ0v) is 20.0.